The SMILES string of the molecule is Cc1csc(NC(=O)c2cc(-c3ccccc3)nc3c(C(N)=O)ncn23)n1. The van der Waals surface area contributed by atoms with Gasteiger partial charge in [0.15, 0.2) is 16.5 Å². The van der Waals surface area contributed by atoms with E-state index < -0.39 is 5.91 Å². The molecule has 0 unspecified atom stereocenters. The van der Waals surface area contributed by atoms with Gasteiger partial charge in [-0.1, -0.05) is 30.3 Å². The number of hydrogen-bond donors (Lipinski definition) is 2. The third kappa shape index (κ3) is 3.15. The Bertz CT molecular complexity index is 1170. The molecular formula is C18H14N6O2S. The van der Waals surface area contributed by atoms with Gasteiger partial charge < -0.3 is 5.73 Å². The molecule has 0 fully saturated rings. The third-order valence-corrected chi connectivity index (χ3v) is 4.75. The lowest BCUT2D eigenvalue weighted by atomic mass is 10.1. The maximum atomic E-state index is 12.9. The molecular weight excluding hydrogens is 364 g/mol. The number of amides is 2. The van der Waals surface area contributed by atoms with Crippen LogP contribution in [-0.2, 0) is 0 Å². The second kappa shape index (κ2) is 6.61. The molecule has 27 heavy (non-hydrogen) atoms. The van der Waals surface area contributed by atoms with Crippen molar-refractivity contribution in [2.75, 3.05) is 5.32 Å². The van der Waals surface area contributed by atoms with E-state index in [1.165, 1.54) is 22.1 Å². The molecule has 0 radical (unpaired) electrons. The Morgan fingerprint density at radius 3 is 2.63 bits per heavy atom. The van der Waals surface area contributed by atoms with Gasteiger partial charge >= 0.3 is 0 Å². The van der Waals surface area contributed by atoms with Gasteiger partial charge in [0.2, 0.25) is 0 Å². The molecule has 0 aliphatic rings. The molecule has 0 aliphatic carbocycles. The summed E-state index contributed by atoms with van der Waals surface area (Å²) in [7, 11) is 0. The molecule has 3 N–H and O–H groups in total. The number of aromatic nitrogens is 4. The van der Waals surface area contributed by atoms with E-state index in [1.54, 1.807) is 6.07 Å². The number of hydrogen-bond acceptors (Lipinski definition) is 6. The van der Waals surface area contributed by atoms with Crippen molar-refractivity contribution in [3.05, 3.63) is 65.2 Å². The lowest BCUT2D eigenvalue weighted by Gasteiger charge is -2.09. The summed E-state index contributed by atoms with van der Waals surface area (Å²) in [6, 6.07) is 11.0. The molecule has 3 heterocycles. The van der Waals surface area contributed by atoms with Crippen LogP contribution in [0, 0.1) is 6.92 Å². The van der Waals surface area contributed by atoms with Crippen LogP contribution < -0.4 is 11.1 Å². The number of thiazole rings is 1. The van der Waals surface area contributed by atoms with E-state index in [9.17, 15) is 9.59 Å². The minimum absolute atomic E-state index is 0.00641. The van der Waals surface area contributed by atoms with Crippen LogP contribution in [0.1, 0.15) is 26.7 Å². The Balaban J connectivity index is 1.87. The number of nitrogens with one attached hydrogen (secondary N) is 1. The number of primary amides is 1. The van der Waals surface area contributed by atoms with Crippen LogP contribution in [0.25, 0.3) is 16.9 Å². The molecule has 0 atom stereocenters. The molecule has 0 saturated carbocycles. The second-order valence-electron chi connectivity index (χ2n) is 5.79. The van der Waals surface area contributed by atoms with Crippen LogP contribution in [0.5, 0.6) is 0 Å². The molecule has 0 spiro atoms. The molecule has 8 nitrogen and oxygen atoms in total. The van der Waals surface area contributed by atoms with Gasteiger partial charge in [0, 0.05) is 10.9 Å². The van der Waals surface area contributed by atoms with Gasteiger partial charge in [-0.3, -0.25) is 19.3 Å². The highest BCUT2D eigenvalue weighted by molar-refractivity contribution is 7.13. The quantitative estimate of drug-likeness (QED) is 0.566. The molecule has 0 bridgehead atoms. The fourth-order valence-electron chi connectivity index (χ4n) is 2.65. The van der Waals surface area contributed by atoms with Crippen molar-refractivity contribution in [1.29, 1.82) is 0 Å². The number of carbonyl (C=O) groups is 2. The summed E-state index contributed by atoms with van der Waals surface area (Å²) < 4.78 is 1.45. The van der Waals surface area contributed by atoms with Crippen LogP contribution in [0.3, 0.4) is 0 Å². The summed E-state index contributed by atoms with van der Waals surface area (Å²) in [5.41, 5.74) is 8.06. The number of anilines is 1. The Labute approximate surface area is 157 Å². The summed E-state index contributed by atoms with van der Waals surface area (Å²) in [6.07, 6.45) is 1.36. The summed E-state index contributed by atoms with van der Waals surface area (Å²) in [5, 5.41) is 5.09. The lowest BCUT2D eigenvalue weighted by Crippen LogP contribution is -2.17. The number of nitrogens with zero attached hydrogens (tertiary/aromatic N) is 4. The first-order valence-corrected chi connectivity index (χ1v) is 8.87. The Kier molecular flexibility index (Phi) is 4.13. The third-order valence-electron chi connectivity index (χ3n) is 3.88. The first-order valence-electron chi connectivity index (χ1n) is 8.00. The molecule has 0 saturated heterocycles. The van der Waals surface area contributed by atoms with Gasteiger partial charge in [-0.05, 0) is 13.0 Å². The zero-order valence-corrected chi connectivity index (χ0v) is 15.0. The zero-order chi connectivity index (χ0) is 19.0. The Hall–Kier alpha value is -3.59. The van der Waals surface area contributed by atoms with Gasteiger partial charge in [0.1, 0.15) is 12.0 Å². The summed E-state index contributed by atoms with van der Waals surface area (Å²) >= 11 is 1.33. The number of nitrogens with two attached hydrogens (primary N) is 1. The number of benzene rings is 1. The smallest absolute Gasteiger partial charge is 0.274 e. The molecule has 4 rings (SSSR count). The summed E-state index contributed by atoms with van der Waals surface area (Å²) in [4.78, 5) is 37.3. The normalized spacial score (nSPS) is 10.9. The van der Waals surface area contributed by atoms with Crippen molar-refractivity contribution in [3.63, 3.8) is 0 Å². The standard InChI is InChI=1S/C18H14N6O2S/c1-10-8-27-18(21-10)23-17(26)13-7-12(11-5-3-2-4-6-11)22-16-14(15(19)25)20-9-24(13)16/h2-9H,1H3,(H2,19,25)(H,21,23,26). The van der Waals surface area contributed by atoms with Crippen LogP contribution in [0.15, 0.2) is 48.1 Å². The van der Waals surface area contributed by atoms with Crippen LogP contribution in [0.4, 0.5) is 5.13 Å². The first-order chi connectivity index (χ1) is 13.0. The van der Waals surface area contributed by atoms with Crippen LogP contribution in [0.2, 0.25) is 0 Å². The van der Waals surface area contributed by atoms with E-state index in [0.29, 0.717) is 10.8 Å². The zero-order valence-electron chi connectivity index (χ0n) is 14.2. The average Bonchev–Trinajstić information content (AvgIpc) is 3.27. The number of imidazole rings is 1. The van der Waals surface area contributed by atoms with E-state index in [0.717, 1.165) is 11.3 Å². The fraction of sp³-hybridized carbons (Fsp3) is 0.0556. The van der Waals surface area contributed by atoms with Crippen molar-refractivity contribution in [1.82, 2.24) is 19.4 Å². The van der Waals surface area contributed by atoms with Crippen LogP contribution in [-0.4, -0.2) is 31.2 Å². The topological polar surface area (TPSA) is 115 Å². The van der Waals surface area contributed by atoms with E-state index in [-0.39, 0.29) is 22.9 Å². The molecule has 1 aromatic carbocycles. The minimum atomic E-state index is -0.711. The van der Waals surface area contributed by atoms with Crippen molar-refractivity contribution in [2.24, 2.45) is 5.73 Å². The van der Waals surface area contributed by atoms with Gasteiger partial charge in [-0.2, -0.15) is 0 Å². The van der Waals surface area contributed by atoms with E-state index >= 15 is 0 Å². The monoisotopic (exact) mass is 378 g/mol. The van der Waals surface area contributed by atoms with Gasteiger partial charge in [0.05, 0.1) is 11.4 Å². The van der Waals surface area contributed by atoms with Crippen LogP contribution >= 0.6 is 11.3 Å². The minimum Gasteiger partial charge on any atom is -0.364 e. The highest BCUT2D eigenvalue weighted by Gasteiger charge is 2.20. The largest absolute Gasteiger partial charge is 0.364 e. The van der Waals surface area contributed by atoms with Gasteiger partial charge in [0.25, 0.3) is 11.8 Å². The number of fused-ring (bicyclic) bond motifs is 1. The maximum Gasteiger partial charge on any atom is 0.274 e. The number of carbonyl (C=O) groups excluding carboxylic acids is 2. The van der Waals surface area contributed by atoms with Crippen molar-refractivity contribution < 1.29 is 9.59 Å². The highest BCUT2D eigenvalue weighted by atomic mass is 32.1. The summed E-state index contributed by atoms with van der Waals surface area (Å²) in [6.45, 7) is 1.85. The molecule has 2 amide bonds. The van der Waals surface area contributed by atoms with E-state index in [2.05, 4.69) is 20.3 Å². The fourth-order valence-corrected chi connectivity index (χ4v) is 3.33. The lowest BCUT2D eigenvalue weighted by molar-refractivity contribution is 0.0993. The van der Waals surface area contributed by atoms with E-state index in [4.69, 9.17) is 5.73 Å². The van der Waals surface area contributed by atoms with Gasteiger partial charge in [-0.15, -0.1) is 11.3 Å². The second-order valence-corrected chi connectivity index (χ2v) is 6.65. The highest BCUT2D eigenvalue weighted by Crippen LogP contribution is 2.22. The predicted octanol–water partition coefficient (Wildman–Crippen LogP) is 2.51. The Morgan fingerprint density at radius 1 is 1.19 bits per heavy atom. The van der Waals surface area contributed by atoms with Crippen molar-refractivity contribution in [2.45, 2.75) is 6.92 Å². The first kappa shape index (κ1) is 16.9. The number of aryl methyl sites for hydroxylation is 1. The number of rotatable bonds is 4. The molecule has 3 aromatic heterocycles. The molecule has 134 valence electrons. The van der Waals surface area contributed by atoms with Crippen molar-refractivity contribution >= 4 is 33.9 Å². The van der Waals surface area contributed by atoms with Crippen molar-refractivity contribution in [3.8, 4) is 11.3 Å². The maximum absolute atomic E-state index is 12.9. The molecule has 9 heteroatoms. The Morgan fingerprint density at radius 2 is 1.96 bits per heavy atom. The molecule has 4 aromatic rings. The van der Waals surface area contributed by atoms with Gasteiger partial charge in [-0.25, -0.2) is 15.0 Å². The predicted molar refractivity (Wildman–Crippen MR) is 102 cm³/mol. The van der Waals surface area contributed by atoms with E-state index in [1.807, 2.05) is 42.6 Å². The molecule has 0 aliphatic heterocycles. The average molecular weight is 378 g/mol. The summed E-state index contributed by atoms with van der Waals surface area (Å²) in [5.74, 6) is -1.10.